The van der Waals surface area contributed by atoms with E-state index in [1.165, 1.54) is 0 Å². The molecule has 100 valence electrons. The summed E-state index contributed by atoms with van der Waals surface area (Å²) in [6.07, 6.45) is 8.40. The lowest BCUT2D eigenvalue weighted by Crippen LogP contribution is -2.20. The smallest absolute Gasteiger partial charge is 0.153 e. The highest BCUT2D eigenvalue weighted by Gasteiger charge is 2.28. The molecule has 0 amide bonds. The normalized spacial score (nSPS) is 17.0. The van der Waals surface area contributed by atoms with Crippen LogP contribution in [0.1, 0.15) is 44.2 Å². The number of rotatable bonds is 6. The number of pyridine rings is 1. The van der Waals surface area contributed by atoms with Gasteiger partial charge in [0.05, 0.1) is 6.07 Å². The average molecular weight is 256 g/mol. The van der Waals surface area contributed by atoms with Gasteiger partial charge in [-0.3, -0.25) is 9.78 Å². The Morgan fingerprint density at radius 3 is 2.84 bits per heavy atom. The number of nitriles is 1. The van der Waals surface area contributed by atoms with E-state index in [4.69, 9.17) is 5.26 Å². The van der Waals surface area contributed by atoms with Gasteiger partial charge in [0.2, 0.25) is 0 Å². The molecule has 1 fully saturated rings. The summed E-state index contributed by atoms with van der Waals surface area (Å²) in [6.45, 7) is 0. The summed E-state index contributed by atoms with van der Waals surface area (Å²) < 4.78 is 0. The summed E-state index contributed by atoms with van der Waals surface area (Å²) in [5.74, 6) is -0.0765. The maximum absolute atomic E-state index is 12.2. The van der Waals surface area contributed by atoms with E-state index >= 15 is 0 Å². The van der Waals surface area contributed by atoms with Crippen molar-refractivity contribution in [3.05, 3.63) is 30.1 Å². The van der Waals surface area contributed by atoms with Gasteiger partial charge in [-0.25, -0.2) is 0 Å². The maximum atomic E-state index is 12.2. The van der Waals surface area contributed by atoms with Crippen molar-refractivity contribution in [3.8, 4) is 6.07 Å². The SMILES string of the molecule is N#CC(CCCc1ccccn1)C(=O)C1CCCC1. The molecule has 0 N–H and O–H groups in total. The molecule has 3 nitrogen and oxygen atoms in total. The lowest BCUT2D eigenvalue weighted by atomic mass is 9.89. The number of aryl methyl sites for hydroxylation is 1. The Labute approximate surface area is 114 Å². The molecule has 0 aliphatic heterocycles. The lowest BCUT2D eigenvalue weighted by Gasteiger charge is -2.12. The molecule has 1 heterocycles. The van der Waals surface area contributed by atoms with Crippen LogP contribution < -0.4 is 0 Å². The van der Waals surface area contributed by atoms with E-state index in [-0.39, 0.29) is 11.7 Å². The second-order valence-corrected chi connectivity index (χ2v) is 5.28. The predicted octanol–water partition coefficient (Wildman–Crippen LogP) is 3.30. The van der Waals surface area contributed by atoms with E-state index in [0.29, 0.717) is 6.42 Å². The molecule has 0 saturated heterocycles. The van der Waals surface area contributed by atoms with Crippen molar-refractivity contribution in [2.45, 2.75) is 44.9 Å². The first-order chi connectivity index (χ1) is 9.31. The number of aromatic nitrogens is 1. The second-order valence-electron chi connectivity index (χ2n) is 5.28. The van der Waals surface area contributed by atoms with Gasteiger partial charge in [0, 0.05) is 17.8 Å². The molecule has 1 unspecified atom stereocenters. The quantitative estimate of drug-likeness (QED) is 0.784. The fourth-order valence-corrected chi connectivity index (χ4v) is 2.80. The third-order valence-corrected chi connectivity index (χ3v) is 3.91. The van der Waals surface area contributed by atoms with Gasteiger partial charge in [-0.1, -0.05) is 18.9 Å². The van der Waals surface area contributed by atoms with Gasteiger partial charge in [0.1, 0.15) is 5.92 Å². The molecule has 1 aromatic heterocycles. The summed E-state index contributed by atoms with van der Waals surface area (Å²) in [6, 6.07) is 8.04. The van der Waals surface area contributed by atoms with Crippen LogP contribution in [-0.4, -0.2) is 10.8 Å². The van der Waals surface area contributed by atoms with E-state index < -0.39 is 5.92 Å². The standard InChI is InChI=1S/C16H20N2O/c17-12-14(16(19)13-6-1-2-7-13)8-5-10-15-9-3-4-11-18-15/h3-4,9,11,13-14H,1-2,5-8,10H2. The zero-order chi connectivity index (χ0) is 13.5. The van der Waals surface area contributed by atoms with E-state index in [9.17, 15) is 4.79 Å². The van der Waals surface area contributed by atoms with Crippen LogP contribution in [0, 0.1) is 23.2 Å². The van der Waals surface area contributed by atoms with Gasteiger partial charge in [0.25, 0.3) is 0 Å². The van der Waals surface area contributed by atoms with E-state index in [2.05, 4.69) is 11.1 Å². The molecule has 1 aromatic rings. The number of ketones is 1. The average Bonchev–Trinajstić information content (AvgIpc) is 2.98. The van der Waals surface area contributed by atoms with Gasteiger partial charge in [-0.15, -0.1) is 0 Å². The maximum Gasteiger partial charge on any atom is 0.153 e. The molecule has 0 aromatic carbocycles. The molecule has 19 heavy (non-hydrogen) atoms. The molecule has 1 atom stereocenters. The van der Waals surface area contributed by atoms with Crippen LogP contribution in [0.2, 0.25) is 0 Å². The fraction of sp³-hybridized carbons (Fsp3) is 0.562. The molecule has 0 spiro atoms. The summed E-state index contributed by atoms with van der Waals surface area (Å²) in [5, 5.41) is 9.17. The van der Waals surface area contributed by atoms with Crippen LogP contribution >= 0.6 is 0 Å². The number of carbonyl (C=O) groups is 1. The first-order valence-corrected chi connectivity index (χ1v) is 7.14. The Bertz CT molecular complexity index is 444. The van der Waals surface area contributed by atoms with Crippen molar-refractivity contribution in [1.82, 2.24) is 4.98 Å². The molecular weight excluding hydrogens is 236 g/mol. The lowest BCUT2D eigenvalue weighted by molar-refractivity contribution is -0.125. The molecular formula is C16H20N2O. The van der Waals surface area contributed by atoms with Gasteiger partial charge in [-0.05, 0) is 44.2 Å². The molecule has 1 saturated carbocycles. The van der Waals surface area contributed by atoms with Crippen molar-refractivity contribution in [2.75, 3.05) is 0 Å². The van der Waals surface area contributed by atoms with Crippen molar-refractivity contribution in [3.63, 3.8) is 0 Å². The first kappa shape index (κ1) is 13.7. The zero-order valence-corrected chi connectivity index (χ0v) is 11.2. The molecule has 3 heteroatoms. The molecule has 0 radical (unpaired) electrons. The van der Waals surface area contributed by atoms with Crippen LogP contribution in [0.5, 0.6) is 0 Å². The van der Waals surface area contributed by atoms with Crippen molar-refractivity contribution in [2.24, 2.45) is 11.8 Å². The summed E-state index contributed by atoms with van der Waals surface area (Å²) in [4.78, 5) is 16.4. The Kier molecular flexibility index (Phi) is 5.09. The van der Waals surface area contributed by atoms with Gasteiger partial charge < -0.3 is 0 Å². The Balaban J connectivity index is 1.79. The topological polar surface area (TPSA) is 53.8 Å². The fourth-order valence-electron chi connectivity index (χ4n) is 2.80. The number of hydrogen-bond donors (Lipinski definition) is 0. The summed E-state index contributed by atoms with van der Waals surface area (Å²) in [5.41, 5.74) is 1.03. The largest absolute Gasteiger partial charge is 0.298 e. The van der Waals surface area contributed by atoms with Gasteiger partial charge in [0.15, 0.2) is 5.78 Å². The highest BCUT2D eigenvalue weighted by atomic mass is 16.1. The van der Waals surface area contributed by atoms with Crippen molar-refractivity contribution < 1.29 is 4.79 Å². The third kappa shape index (κ3) is 3.89. The Morgan fingerprint density at radius 2 is 2.21 bits per heavy atom. The highest BCUT2D eigenvalue weighted by Crippen LogP contribution is 2.29. The molecule has 1 aliphatic rings. The van der Waals surface area contributed by atoms with Crippen LogP contribution in [0.25, 0.3) is 0 Å². The van der Waals surface area contributed by atoms with E-state index in [1.54, 1.807) is 6.20 Å². The van der Waals surface area contributed by atoms with Crippen LogP contribution in [0.4, 0.5) is 0 Å². The summed E-state index contributed by atoms with van der Waals surface area (Å²) in [7, 11) is 0. The molecule has 0 bridgehead atoms. The minimum absolute atomic E-state index is 0.152. The van der Waals surface area contributed by atoms with Crippen LogP contribution in [0.3, 0.4) is 0 Å². The van der Waals surface area contributed by atoms with Crippen LogP contribution in [-0.2, 0) is 11.2 Å². The minimum Gasteiger partial charge on any atom is -0.298 e. The van der Waals surface area contributed by atoms with Crippen molar-refractivity contribution >= 4 is 5.78 Å². The number of hydrogen-bond acceptors (Lipinski definition) is 3. The molecule has 1 aliphatic carbocycles. The van der Waals surface area contributed by atoms with Crippen molar-refractivity contribution in [1.29, 1.82) is 5.26 Å². The number of nitrogens with zero attached hydrogens (tertiary/aromatic N) is 2. The Morgan fingerprint density at radius 1 is 1.42 bits per heavy atom. The molecule has 2 rings (SSSR count). The number of Topliss-reactive ketones (excluding diaryl/α,β-unsaturated/α-hetero) is 1. The predicted molar refractivity (Wildman–Crippen MR) is 73.2 cm³/mol. The van der Waals surface area contributed by atoms with Gasteiger partial charge in [-0.2, -0.15) is 5.26 Å². The monoisotopic (exact) mass is 256 g/mol. The van der Waals surface area contributed by atoms with E-state index in [0.717, 1.165) is 44.2 Å². The minimum atomic E-state index is -0.410. The zero-order valence-electron chi connectivity index (χ0n) is 11.2. The Hall–Kier alpha value is -1.69. The highest BCUT2D eigenvalue weighted by molar-refractivity contribution is 5.85. The third-order valence-electron chi connectivity index (χ3n) is 3.91. The number of carbonyl (C=O) groups excluding carboxylic acids is 1. The second kappa shape index (κ2) is 7.04. The first-order valence-electron chi connectivity index (χ1n) is 7.14. The van der Waals surface area contributed by atoms with Gasteiger partial charge >= 0.3 is 0 Å². The summed E-state index contributed by atoms with van der Waals surface area (Å²) >= 11 is 0. The van der Waals surface area contributed by atoms with E-state index in [1.807, 2.05) is 18.2 Å². The van der Waals surface area contributed by atoms with Crippen LogP contribution in [0.15, 0.2) is 24.4 Å².